The van der Waals surface area contributed by atoms with Crippen LogP contribution in [0.2, 0.25) is 0 Å². The molecule has 1 saturated heterocycles. The zero-order chi connectivity index (χ0) is 24.5. The maximum atomic E-state index is 13.5. The fourth-order valence-corrected chi connectivity index (χ4v) is 4.97. The number of halogens is 2. The lowest BCUT2D eigenvalue weighted by atomic mass is 9.96. The van der Waals surface area contributed by atoms with Crippen LogP contribution in [0.4, 0.5) is 8.78 Å². The standard InChI is InChI=1S/C26H26F2N2O3S/c1-18-3-12-23(34(2,32)33)17-24(18)26(31)30-15-13-29(14-16-30)25(19-4-8-21(27)9-5-19)20-6-10-22(28)11-7-20/h3-12,17,25H,13-16H2,1-2H3. The third-order valence-electron chi connectivity index (χ3n) is 6.21. The number of carbonyl (C=O) groups excluding carboxylic acids is 1. The van der Waals surface area contributed by atoms with Gasteiger partial charge < -0.3 is 4.90 Å². The summed E-state index contributed by atoms with van der Waals surface area (Å²) in [5.74, 6) is -0.866. The van der Waals surface area contributed by atoms with Crippen molar-refractivity contribution in [3.05, 3.63) is 101 Å². The summed E-state index contributed by atoms with van der Waals surface area (Å²) < 4.78 is 51.0. The Morgan fingerprint density at radius 2 is 1.32 bits per heavy atom. The third-order valence-corrected chi connectivity index (χ3v) is 7.32. The molecular formula is C26H26F2N2O3S. The van der Waals surface area contributed by atoms with Gasteiger partial charge in [0.2, 0.25) is 0 Å². The largest absolute Gasteiger partial charge is 0.336 e. The molecule has 1 aliphatic rings. The van der Waals surface area contributed by atoms with Crippen LogP contribution in [0.3, 0.4) is 0 Å². The average molecular weight is 485 g/mol. The molecule has 1 aliphatic heterocycles. The van der Waals surface area contributed by atoms with Crippen molar-refractivity contribution >= 4 is 15.7 Å². The maximum absolute atomic E-state index is 13.5. The van der Waals surface area contributed by atoms with Crippen molar-refractivity contribution in [1.29, 1.82) is 0 Å². The van der Waals surface area contributed by atoms with Gasteiger partial charge in [-0.1, -0.05) is 30.3 Å². The molecule has 3 aromatic rings. The SMILES string of the molecule is Cc1ccc(S(C)(=O)=O)cc1C(=O)N1CCN(C(c2ccc(F)cc2)c2ccc(F)cc2)CC1. The van der Waals surface area contributed by atoms with Gasteiger partial charge in [-0.2, -0.15) is 0 Å². The normalized spacial score (nSPS) is 15.0. The summed E-state index contributed by atoms with van der Waals surface area (Å²) in [5.41, 5.74) is 2.86. The summed E-state index contributed by atoms with van der Waals surface area (Å²) in [7, 11) is -3.43. The Kier molecular flexibility index (Phi) is 6.81. The second-order valence-corrected chi connectivity index (χ2v) is 10.6. The van der Waals surface area contributed by atoms with Gasteiger partial charge in [0.15, 0.2) is 9.84 Å². The van der Waals surface area contributed by atoms with E-state index < -0.39 is 9.84 Å². The highest BCUT2D eigenvalue weighted by molar-refractivity contribution is 7.90. The zero-order valence-corrected chi connectivity index (χ0v) is 19.9. The first-order valence-electron chi connectivity index (χ1n) is 11.0. The smallest absolute Gasteiger partial charge is 0.254 e. The molecule has 0 aromatic heterocycles. The fourth-order valence-electron chi connectivity index (χ4n) is 4.32. The van der Waals surface area contributed by atoms with Gasteiger partial charge >= 0.3 is 0 Å². The number of piperazine rings is 1. The third kappa shape index (κ3) is 5.18. The number of sulfone groups is 1. The van der Waals surface area contributed by atoms with Crippen molar-refractivity contribution in [2.45, 2.75) is 17.9 Å². The number of nitrogens with zero attached hydrogens (tertiary/aromatic N) is 2. The fraction of sp³-hybridized carbons (Fsp3) is 0.269. The first-order valence-corrected chi connectivity index (χ1v) is 12.9. The van der Waals surface area contributed by atoms with Gasteiger partial charge in [-0.05, 0) is 60.0 Å². The Morgan fingerprint density at radius 3 is 1.79 bits per heavy atom. The summed E-state index contributed by atoms with van der Waals surface area (Å²) in [6.45, 7) is 3.78. The number of amides is 1. The first-order chi connectivity index (χ1) is 16.1. The number of hydrogen-bond donors (Lipinski definition) is 0. The lowest BCUT2D eigenvalue weighted by Gasteiger charge is -2.40. The number of benzene rings is 3. The van der Waals surface area contributed by atoms with E-state index in [-0.39, 0.29) is 28.5 Å². The second-order valence-electron chi connectivity index (χ2n) is 8.58. The van der Waals surface area contributed by atoms with Crippen molar-refractivity contribution in [3.63, 3.8) is 0 Å². The van der Waals surface area contributed by atoms with Crippen molar-refractivity contribution in [2.75, 3.05) is 32.4 Å². The van der Waals surface area contributed by atoms with Crippen LogP contribution in [0.25, 0.3) is 0 Å². The van der Waals surface area contributed by atoms with E-state index in [9.17, 15) is 22.0 Å². The van der Waals surface area contributed by atoms with E-state index in [1.165, 1.54) is 36.4 Å². The molecule has 1 amide bonds. The summed E-state index contributed by atoms with van der Waals surface area (Å²) >= 11 is 0. The summed E-state index contributed by atoms with van der Waals surface area (Å²) in [6, 6.07) is 16.9. The molecule has 0 aliphatic carbocycles. The average Bonchev–Trinajstić information content (AvgIpc) is 2.81. The lowest BCUT2D eigenvalue weighted by Crippen LogP contribution is -2.50. The minimum atomic E-state index is -3.43. The van der Waals surface area contributed by atoms with E-state index in [1.54, 1.807) is 42.2 Å². The van der Waals surface area contributed by atoms with Crippen LogP contribution >= 0.6 is 0 Å². The summed E-state index contributed by atoms with van der Waals surface area (Å²) in [4.78, 5) is 17.2. The molecule has 0 saturated carbocycles. The van der Waals surface area contributed by atoms with Crippen molar-refractivity contribution in [2.24, 2.45) is 0 Å². The summed E-state index contributed by atoms with van der Waals surface area (Å²) in [5, 5.41) is 0. The molecule has 3 aromatic carbocycles. The van der Waals surface area contributed by atoms with Crippen molar-refractivity contribution in [3.8, 4) is 0 Å². The molecule has 8 heteroatoms. The van der Waals surface area contributed by atoms with Crippen LogP contribution in [-0.4, -0.2) is 56.6 Å². The number of carbonyl (C=O) groups is 1. The van der Waals surface area contributed by atoms with Crippen LogP contribution in [0.15, 0.2) is 71.6 Å². The molecule has 0 unspecified atom stereocenters. The molecule has 0 spiro atoms. The molecule has 178 valence electrons. The predicted octanol–water partition coefficient (Wildman–Crippen LogP) is 4.22. The van der Waals surface area contributed by atoms with Gasteiger partial charge in [-0.25, -0.2) is 17.2 Å². The molecule has 0 bridgehead atoms. The van der Waals surface area contributed by atoms with Gasteiger partial charge in [0.05, 0.1) is 10.9 Å². The maximum Gasteiger partial charge on any atom is 0.254 e. The molecule has 0 N–H and O–H groups in total. The van der Waals surface area contributed by atoms with Crippen LogP contribution in [-0.2, 0) is 9.84 Å². The van der Waals surface area contributed by atoms with E-state index in [1.807, 2.05) is 0 Å². The molecule has 1 heterocycles. The Bertz CT molecular complexity index is 1240. The molecule has 4 rings (SSSR count). The molecule has 0 radical (unpaired) electrons. The van der Waals surface area contributed by atoms with Gasteiger partial charge in [-0.15, -0.1) is 0 Å². The van der Waals surface area contributed by atoms with E-state index in [0.29, 0.717) is 31.7 Å². The van der Waals surface area contributed by atoms with Gasteiger partial charge in [0.1, 0.15) is 11.6 Å². The van der Waals surface area contributed by atoms with Crippen LogP contribution in [0.1, 0.15) is 33.1 Å². The Morgan fingerprint density at radius 1 is 0.824 bits per heavy atom. The number of rotatable bonds is 5. The monoisotopic (exact) mass is 484 g/mol. The van der Waals surface area contributed by atoms with E-state index in [4.69, 9.17) is 0 Å². The van der Waals surface area contributed by atoms with Crippen LogP contribution < -0.4 is 0 Å². The molecule has 0 atom stereocenters. The number of aryl methyl sites for hydroxylation is 1. The lowest BCUT2D eigenvalue weighted by molar-refractivity contribution is 0.0596. The number of hydrogen-bond acceptors (Lipinski definition) is 4. The Labute approximate surface area is 198 Å². The summed E-state index contributed by atoms with van der Waals surface area (Å²) in [6.07, 6.45) is 1.12. The minimum absolute atomic E-state index is 0.118. The van der Waals surface area contributed by atoms with Crippen molar-refractivity contribution in [1.82, 2.24) is 9.80 Å². The highest BCUT2D eigenvalue weighted by Gasteiger charge is 2.29. The zero-order valence-electron chi connectivity index (χ0n) is 19.0. The van der Waals surface area contributed by atoms with Gasteiger partial charge in [-0.3, -0.25) is 9.69 Å². The Hall–Kier alpha value is -3.10. The van der Waals surface area contributed by atoms with Crippen LogP contribution in [0, 0.1) is 18.6 Å². The molecule has 34 heavy (non-hydrogen) atoms. The quantitative estimate of drug-likeness (QED) is 0.544. The van der Waals surface area contributed by atoms with Gasteiger partial charge in [0.25, 0.3) is 5.91 Å². The molecule has 5 nitrogen and oxygen atoms in total. The highest BCUT2D eigenvalue weighted by Crippen LogP contribution is 2.30. The molecular weight excluding hydrogens is 458 g/mol. The Balaban J connectivity index is 1.56. The topological polar surface area (TPSA) is 57.7 Å². The van der Waals surface area contributed by atoms with E-state index >= 15 is 0 Å². The minimum Gasteiger partial charge on any atom is -0.336 e. The van der Waals surface area contributed by atoms with Crippen molar-refractivity contribution < 1.29 is 22.0 Å². The first kappa shape index (κ1) is 24.0. The van der Waals surface area contributed by atoms with E-state index in [2.05, 4.69) is 4.90 Å². The highest BCUT2D eigenvalue weighted by atomic mass is 32.2. The second kappa shape index (κ2) is 9.64. The van der Waals surface area contributed by atoms with Gasteiger partial charge in [0, 0.05) is 38.0 Å². The predicted molar refractivity (Wildman–Crippen MR) is 126 cm³/mol. The van der Waals surface area contributed by atoms with E-state index in [0.717, 1.165) is 22.9 Å². The van der Waals surface area contributed by atoms with Crippen LogP contribution in [0.5, 0.6) is 0 Å². The molecule has 1 fully saturated rings.